The maximum atomic E-state index is 12.4. The number of carboxylic acid groups (broad SMARTS) is 1. The Morgan fingerprint density at radius 3 is 1.96 bits per heavy atom. The van der Waals surface area contributed by atoms with Crippen molar-refractivity contribution in [2.45, 2.75) is 66.6 Å². The van der Waals surface area contributed by atoms with Crippen LogP contribution in [-0.4, -0.2) is 51.0 Å². The van der Waals surface area contributed by atoms with E-state index in [0.717, 1.165) is 12.2 Å². The molecule has 0 aliphatic carbocycles. The van der Waals surface area contributed by atoms with E-state index >= 15 is 0 Å². The molecule has 26 heavy (non-hydrogen) atoms. The van der Waals surface area contributed by atoms with Gasteiger partial charge >= 0.3 is 11.9 Å². The molecule has 0 aromatic rings. The van der Waals surface area contributed by atoms with Gasteiger partial charge in [-0.25, -0.2) is 9.59 Å². The molecule has 0 saturated carbocycles. The molecule has 0 radical (unpaired) electrons. The van der Waals surface area contributed by atoms with Crippen LogP contribution in [0.2, 0.25) is 19.6 Å². The van der Waals surface area contributed by atoms with Crippen molar-refractivity contribution in [3.8, 4) is 0 Å². The molecule has 1 N–H and O–H groups in total. The van der Waals surface area contributed by atoms with Crippen LogP contribution >= 0.6 is 0 Å². The predicted molar refractivity (Wildman–Crippen MR) is 112 cm³/mol. The summed E-state index contributed by atoms with van der Waals surface area (Å²) in [7, 11) is -2.99. The molecule has 0 rings (SSSR count). The zero-order chi connectivity index (χ0) is 21.0. The van der Waals surface area contributed by atoms with E-state index < -0.39 is 40.8 Å². The number of rotatable bonds is 10. The van der Waals surface area contributed by atoms with Gasteiger partial charge in [0.15, 0.2) is 8.32 Å². The normalized spacial score (nSPS) is 16.5. The van der Waals surface area contributed by atoms with Gasteiger partial charge in [-0.3, -0.25) is 0 Å². The van der Waals surface area contributed by atoms with E-state index in [4.69, 9.17) is 18.4 Å². The van der Waals surface area contributed by atoms with Crippen LogP contribution in [-0.2, 0) is 22.9 Å². The van der Waals surface area contributed by atoms with Crippen molar-refractivity contribution >= 4 is 40.5 Å². The van der Waals surface area contributed by atoms with Crippen LogP contribution in [0.3, 0.4) is 0 Å². The Morgan fingerprint density at radius 2 is 1.62 bits per heavy atom. The standard InChI is InChI=1S/C17H36O6Si3/c1-12(2)15(3,4)16(5,6)17(25-23-24,22-26(7,8)9)21-14(20)11-10-13(18)19/h10-12H,25H2,1-9,24H3,(H,18,19)/b11-10+. The zero-order valence-corrected chi connectivity index (χ0v) is 22.3. The topological polar surface area (TPSA) is 82.1 Å². The minimum atomic E-state index is -2.11. The molecule has 0 bridgehead atoms. The van der Waals surface area contributed by atoms with Crippen molar-refractivity contribution in [2.24, 2.45) is 16.7 Å². The van der Waals surface area contributed by atoms with Gasteiger partial charge in [0, 0.05) is 17.6 Å². The molecule has 0 aromatic carbocycles. The average Bonchev–Trinajstić information content (AvgIpc) is 2.42. The van der Waals surface area contributed by atoms with E-state index in [2.05, 4.69) is 41.5 Å². The first-order valence-corrected chi connectivity index (χ1v) is 14.4. The van der Waals surface area contributed by atoms with E-state index in [-0.39, 0.29) is 5.41 Å². The highest BCUT2D eigenvalue weighted by atomic mass is 28.4. The molecule has 1 atom stereocenters. The molecular formula is C17H36O6Si3. The molecule has 0 aliphatic heterocycles. The first-order valence-electron chi connectivity index (χ1n) is 8.85. The van der Waals surface area contributed by atoms with Gasteiger partial charge in [-0.15, -0.1) is 0 Å². The lowest BCUT2D eigenvalue weighted by Crippen LogP contribution is -2.64. The fourth-order valence-corrected chi connectivity index (χ4v) is 8.11. The Hall–Kier alpha value is -0.749. The van der Waals surface area contributed by atoms with Crippen LogP contribution in [0.1, 0.15) is 41.5 Å². The van der Waals surface area contributed by atoms with Crippen molar-refractivity contribution in [3.63, 3.8) is 0 Å². The smallest absolute Gasteiger partial charge is 0.333 e. The van der Waals surface area contributed by atoms with Gasteiger partial charge in [0.25, 0.3) is 0 Å². The lowest BCUT2D eigenvalue weighted by molar-refractivity contribution is -0.228. The van der Waals surface area contributed by atoms with Crippen LogP contribution in [0.4, 0.5) is 0 Å². The number of ether oxygens (including phenoxy) is 1. The highest BCUT2D eigenvalue weighted by molar-refractivity contribution is 6.70. The predicted octanol–water partition coefficient (Wildman–Crippen LogP) is 1.76. The molecule has 0 saturated heterocycles. The second-order valence-electron chi connectivity index (χ2n) is 8.99. The second-order valence-corrected chi connectivity index (χ2v) is 17.0. The summed E-state index contributed by atoms with van der Waals surface area (Å²) in [5.74, 6) is -1.61. The lowest BCUT2D eigenvalue weighted by Gasteiger charge is -2.56. The number of hydrogen-bond donors (Lipinski definition) is 1. The van der Waals surface area contributed by atoms with Gasteiger partial charge in [0.2, 0.25) is 15.2 Å². The van der Waals surface area contributed by atoms with Crippen molar-refractivity contribution in [1.82, 2.24) is 0 Å². The number of hydrogen-bond acceptors (Lipinski definition) is 5. The van der Waals surface area contributed by atoms with E-state index in [1.807, 2.05) is 19.6 Å². The average molecular weight is 421 g/mol. The lowest BCUT2D eigenvalue weighted by atomic mass is 9.61. The quantitative estimate of drug-likeness (QED) is 0.251. The number of aliphatic carboxylic acids is 1. The molecule has 6 nitrogen and oxygen atoms in total. The van der Waals surface area contributed by atoms with E-state index in [1.54, 1.807) is 0 Å². The molecule has 152 valence electrons. The fourth-order valence-electron chi connectivity index (χ4n) is 2.75. The largest absolute Gasteiger partial charge is 0.478 e. The molecule has 0 aromatic heterocycles. The molecule has 0 fully saturated rings. The van der Waals surface area contributed by atoms with Crippen LogP contribution in [0.5, 0.6) is 0 Å². The van der Waals surface area contributed by atoms with Crippen molar-refractivity contribution < 1.29 is 28.0 Å². The van der Waals surface area contributed by atoms with E-state index in [9.17, 15) is 9.59 Å². The summed E-state index contributed by atoms with van der Waals surface area (Å²) < 4.78 is 18.1. The minimum absolute atomic E-state index is 0.226. The van der Waals surface area contributed by atoms with Gasteiger partial charge in [-0.05, 0) is 31.0 Å². The molecule has 1 unspecified atom stereocenters. The maximum Gasteiger partial charge on any atom is 0.333 e. The second kappa shape index (κ2) is 8.96. The number of carboxylic acids is 1. The molecular weight excluding hydrogens is 384 g/mol. The number of carbonyl (C=O) groups excluding carboxylic acids is 1. The highest BCUT2D eigenvalue weighted by Gasteiger charge is 2.59. The Bertz CT molecular complexity index is 537. The zero-order valence-electron chi connectivity index (χ0n) is 17.9. The van der Waals surface area contributed by atoms with Crippen LogP contribution in [0, 0.1) is 16.7 Å². The first-order chi connectivity index (χ1) is 11.5. The van der Waals surface area contributed by atoms with Crippen molar-refractivity contribution in [3.05, 3.63) is 12.2 Å². The molecule has 0 aliphatic rings. The Morgan fingerprint density at radius 1 is 1.12 bits per heavy atom. The van der Waals surface area contributed by atoms with Crippen molar-refractivity contribution in [1.29, 1.82) is 0 Å². The molecule has 9 heteroatoms. The Balaban J connectivity index is 6.29. The summed E-state index contributed by atoms with van der Waals surface area (Å²) in [5.41, 5.74) is -1.94. The summed E-state index contributed by atoms with van der Waals surface area (Å²) >= 11 is 0. The summed E-state index contributed by atoms with van der Waals surface area (Å²) in [6.45, 7) is 18.8. The third-order valence-corrected chi connectivity index (χ3v) is 9.38. The van der Waals surface area contributed by atoms with E-state index in [0.29, 0.717) is 16.4 Å². The third-order valence-electron chi connectivity index (χ3n) is 5.44. The van der Waals surface area contributed by atoms with E-state index in [1.165, 1.54) is 0 Å². The third kappa shape index (κ3) is 6.15. The van der Waals surface area contributed by atoms with Gasteiger partial charge in [-0.2, -0.15) is 0 Å². The first kappa shape index (κ1) is 25.3. The Labute approximate surface area is 164 Å². The SMILES string of the molecule is CC(C)C(C)(C)C(C)(C)C(OC(=O)/C=C/C(=O)O)(O[Si](C)(C)C)[SiH2]O[SiH3]. The molecule has 0 amide bonds. The minimum Gasteiger partial charge on any atom is -0.478 e. The highest BCUT2D eigenvalue weighted by Crippen LogP contribution is 2.53. The van der Waals surface area contributed by atoms with Gasteiger partial charge in [0.1, 0.15) is 10.5 Å². The van der Waals surface area contributed by atoms with Gasteiger partial charge in [0.05, 0.1) is 0 Å². The maximum absolute atomic E-state index is 12.4. The summed E-state index contributed by atoms with van der Waals surface area (Å²) in [5, 5.41) is 8.78. The van der Waals surface area contributed by atoms with Crippen molar-refractivity contribution in [2.75, 3.05) is 0 Å². The summed E-state index contributed by atoms with van der Waals surface area (Å²) in [6.07, 6.45) is 1.72. The van der Waals surface area contributed by atoms with Crippen LogP contribution < -0.4 is 0 Å². The Kier molecular flexibility index (Phi) is 8.70. The van der Waals surface area contributed by atoms with Gasteiger partial charge in [-0.1, -0.05) is 41.5 Å². The number of esters is 1. The van der Waals surface area contributed by atoms with Crippen LogP contribution in [0.25, 0.3) is 0 Å². The molecule has 0 heterocycles. The number of carbonyl (C=O) groups is 2. The monoisotopic (exact) mass is 420 g/mol. The fraction of sp³-hybridized carbons (Fsp3) is 0.765. The van der Waals surface area contributed by atoms with Crippen LogP contribution in [0.15, 0.2) is 12.2 Å². The summed E-state index contributed by atoms with van der Waals surface area (Å²) in [4.78, 5) is 23.1. The molecule has 0 spiro atoms. The summed E-state index contributed by atoms with van der Waals surface area (Å²) in [6, 6.07) is 0. The van der Waals surface area contributed by atoms with Gasteiger partial charge < -0.3 is 18.4 Å².